The molecule has 6 unspecified atom stereocenters. The van der Waals surface area contributed by atoms with Gasteiger partial charge in [-0.25, -0.2) is 4.57 Å². The fourth-order valence-electron chi connectivity index (χ4n) is 4.93. The van der Waals surface area contributed by atoms with Crippen molar-refractivity contribution >= 4 is 19.8 Å². The molecule has 260 valence electrons. The molecular weight excluding hydrogens is 599 g/mol. The number of carbonyl (C=O) groups is 2. The average molecular weight is 657 g/mol. The van der Waals surface area contributed by atoms with E-state index in [0.29, 0.717) is 12.8 Å². The minimum Gasteiger partial charge on any atom is -0.462 e. The highest BCUT2D eigenvalue weighted by Crippen LogP contribution is 2.47. The van der Waals surface area contributed by atoms with Crippen LogP contribution in [0, 0.1) is 0 Å². The summed E-state index contributed by atoms with van der Waals surface area (Å²) in [4.78, 5) is 35.0. The minimum absolute atomic E-state index is 0.100. The number of ether oxygens (including phenoxy) is 2. The van der Waals surface area contributed by atoms with Gasteiger partial charge < -0.3 is 39.9 Å². The summed E-state index contributed by atoms with van der Waals surface area (Å²) in [6.07, 6.45) is 2.49. The number of hydrogen-bond acceptors (Lipinski definition) is 12. The van der Waals surface area contributed by atoms with Gasteiger partial charge in [-0.3, -0.25) is 18.6 Å². The summed E-state index contributed by atoms with van der Waals surface area (Å²) in [6.45, 7) is 3.13. The van der Waals surface area contributed by atoms with Gasteiger partial charge in [0.1, 0.15) is 43.2 Å². The van der Waals surface area contributed by atoms with Crippen molar-refractivity contribution in [2.75, 3.05) is 13.2 Å². The monoisotopic (exact) mass is 656 g/mol. The first-order valence-corrected chi connectivity index (χ1v) is 17.8. The third-order valence-corrected chi connectivity index (χ3v) is 8.68. The van der Waals surface area contributed by atoms with E-state index >= 15 is 0 Å². The van der Waals surface area contributed by atoms with Gasteiger partial charge in [0.15, 0.2) is 6.10 Å². The van der Waals surface area contributed by atoms with Crippen molar-refractivity contribution in [2.24, 2.45) is 0 Å². The molecule has 0 aromatic rings. The molecule has 0 bridgehead atoms. The maximum absolute atomic E-state index is 12.6. The Morgan fingerprint density at radius 1 is 0.614 bits per heavy atom. The van der Waals surface area contributed by atoms with Crippen molar-refractivity contribution in [2.45, 2.75) is 166 Å². The molecule has 0 aromatic heterocycles. The number of rotatable bonds is 25. The molecule has 0 heterocycles. The van der Waals surface area contributed by atoms with Crippen molar-refractivity contribution in [1.82, 2.24) is 0 Å². The largest absolute Gasteiger partial charge is 0.472 e. The van der Waals surface area contributed by atoms with Gasteiger partial charge in [-0.15, -0.1) is 0 Å². The Morgan fingerprint density at radius 3 is 1.50 bits per heavy atom. The van der Waals surface area contributed by atoms with Crippen LogP contribution in [-0.4, -0.2) is 98.3 Å². The molecule has 1 saturated carbocycles. The first-order valence-electron chi connectivity index (χ1n) is 16.3. The Balaban J connectivity index is 2.64. The third kappa shape index (κ3) is 17.0. The fraction of sp³-hybridized carbons (Fsp3) is 0.933. The molecule has 0 spiro atoms. The van der Waals surface area contributed by atoms with E-state index < -0.39 is 75.7 Å². The van der Waals surface area contributed by atoms with Crippen LogP contribution in [0.25, 0.3) is 0 Å². The Kier molecular flexibility index (Phi) is 21.6. The second-order valence-electron chi connectivity index (χ2n) is 11.7. The summed E-state index contributed by atoms with van der Waals surface area (Å²) >= 11 is 0. The van der Waals surface area contributed by atoms with Gasteiger partial charge in [-0.05, 0) is 12.8 Å². The number of hydrogen-bond donors (Lipinski definition) is 6. The smallest absolute Gasteiger partial charge is 0.462 e. The molecule has 0 saturated heterocycles. The van der Waals surface area contributed by atoms with Crippen molar-refractivity contribution < 1.29 is 63.1 Å². The normalized spacial score (nSPS) is 25.7. The van der Waals surface area contributed by atoms with Gasteiger partial charge in [0, 0.05) is 12.8 Å². The van der Waals surface area contributed by atoms with Crippen molar-refractivity contribution in [3.05, 3.63) is 0 Å². The van der Waals surface area contributed by atoms with Crippen LogP contribution in [0.1, 0.15) is 123 Å². The van der Waals surface area contributed by atoms with Gasteiger partial charge in [-0.1, -0.05) is 97.3 Å². The summed E-state index contributed by atoms with van der Waals surface area (Å²) in [6, 6.07) is 0. The molecular formula is C30H57O13P. The van der Waals surface area contributed by atoms with Gasteiger partial charge in [-0.2, -0.15) is 0 Å². The molecule has 1 aliphatic rings. The molecule has 6 N–H and O–H groups in total. The number of aliphatic hydroxyl groups is 5. The zero-order valence-corrected chi connectivity index (χ0v) is 27.4. The van der Waals surface area contributed by atoms with Gasteiger partial charge >= 0.3 is 19.8 Å². The maximum atomic E-state index is 12.6. The summed E-state index contributed by atoms with van der Waals surface area (Å²) < 4.78 is 33.0. The zero-order chi connectivity index (χ0) is 33.0. The molecule has 0 amide bonds. The molecule has 1 aliphatic carbocycles. The van der Waals surface area contributed by atoms with Crippen LogP contribution in [0.4, 0.5) is 0 Å². The van der Waals surface area contributed by atoms with Crippen LogP contribution in [0.3, 0.4) is 0 Å². The molecule has 0 aliphatic heterocycles. The van der Waals surface area contributed by atoms with E-state index in [0.717, 1.165) is 57.8 Å². The van der Waals surface area contributed by atoms with E-state index in [9.17, 15) is 44.6 Å². The fourth-order valence-corrected chi connectivity index (χ4v) is 5.90. The predicted molar refractivity (Wildman–Crippen MR) is 161 cm³/mol. The highest BCUT2D eigenvalue weighted by molar-refractivity contribution is 7.47. The maximum Gasteiger partial charge on any atom is 0.472 e. The average Bonchev–Trinajstić information content (AvgIpc) is 2.99. The zero-order valence-electron chi connectivity index (χ0n) is 26.5. The van der Waals surface area contributed by atoms with Gasteiger partial charge in [0.2, 0.25) is 0 Å². The Labute approximate surface area is 261 Å². The SMILES string of the molecule is CCCCCCCCCCC(=O)OC(COC(=O)CCCCCCCCC)COP(=O)(O)OC1C(O)C(O)C(O)C(O)C1O. The van der Waals surface area contributed by atoms with Crippen LogP contribution < -0.4 is 0 Å². The third-order valence-electron chi connectivity index (χ3n) is 7.70. The summed E-state index contributed by atoms with van der Waals surface area (Å²) in [5, 5.41) is 49.6. The first kappa shape index (κ1) is 40.9. The van der Waals surface area contributed by atoms with Crippen molar-refractivity contribution in [1.29, 1.82) is 0 Å². The van der Waals surface area contributed by atoms with Gasteiger partial charge in [0.25, 0.3) is 0 Å². The lowest BCUT2D eigenvalue weighted by molar-refractivity contribution is -0.220. The van der Waals surface area contributed by atoms with Crippen LogP contribution in [0.15, 0.2) is 0 Å². The van der Waals surface area contributed by atoms with E-state index in [1.54, 1.807) is 0 Å². The standard InChI is InChI=1S/C30H57O13P/c1-3-5-7-9-11-13-15-17-19-24(32)42-22(20-40-23(31)18-16-14-12-10-8-6-4-2)21-41-44(38,39)43-30-28(36)26(34)25(33)27(35)29(30)37/h22,25-30,33-37H,3-21H2,1-2H3,(H,38,39). The summed E-state index contributed by atoms with van der Waals surface area (Å²) in [5.41, 5.74) is 0. The second kappa shape index (κ2) is 23.2. The number of esters is 2. The molecule has 0 radical (unpaired) electrons. The highest BCUT2D eigenvalue weighted by atomic mass is 31.2. The number of aliphatic hydroxyl groups excluding tert-OH is 5. The quantitative estimate of drug-likeness (QED) is 0.0473. The molecule has 13 nitrogen and oxygen atoms in total. The van der Waals surface area contributed by atoms with Crippen LogP contribution in [0.5, 0.6) is 0 Å². The summed E-state index contributed by atoms with van der Waals surface area (Å²) in [7, 11) is -5.08. The highest BCUT2D eigenvalue weighted by Gasteiger charge is 2.51. The topological polar surface area (TPSA) is 210 Å². The molecule has 1 fully saturated rings. The number of unbranched alkanes of at least 4 members (excludes halogenated alkanes) is 13. The number of carbonyl (C=O) groups excluding carboxylic acids is 2. The minimum atomic E-state index is -5.08. The molecule has 14 heteroatoms. The lowest BCUT2D eigenvalue weighted by Crippen LogP contribution is -2.64. The van der Waals surface area contributed by atoms with E-state index in [1.807, 2.05) is 0 Å². The first-order chi connectivity index (χ1) is 20.9. The predicted octanol–water partition coefficient (Wildman–Crippen LogP) is 3.43. The Bertz CT molecular complexity index is 813. The molecule has 1 rings (SSSR count). The summed E-state index contributed by atoms with van der Waals surface area (Å²) in [5.74, 6) is -1.11. The van der Waals surface area contributed by atoms with Crippen molar-refractivity contribution in [3.63, 3.8) is 0 Å². The van der Waals surface area contributed by atoms with Crippen molar-refractivity contribution in [3.8, 4) is 0 Å². The Morgan fingerprint density at radius 2 is 1.02 bits per heavy atom. The lowest BCUT2D eigenvalue weighted by atomic mass is 9.85. The molecule has 44 heavy (non-hydrogen) atoms. The van der Waals surface area contributed by atoms with Crippen LogP contribution in [0.2, 0.25) is 0 Å². The number of phosphoric ester groups is 1. The van der Waals surface area contributed by atoms with Crippen LogP contribution in [-0.2, 0) is 32.7 Å². The van der Waals surface area contributed by atoms with E-state index in [-0.39, 0.29) is 12.8 Å². The number of phosphoric acid groups is 1. The second-order valence-corrected chi connectivity index (χ2v) is 13.1. The lowest BCUT2D eigenvalue weighted by Gasteiger charge is -2.41. The van der Waals surface area contributed by atoms with E-state index in [2.05, 4.69) is 13.8 Å². The van der Waals surface area contributed by atoms with Crippen LogP contribution >= 0.6 is 7.82 Å². The molecule has 6 atom stereocenters. The van der Waals surface area contributed by atoms with E-state index in [4.69, 9.17) is 18.5 Å². The van der Waals surface area contributed by atoms with E-state index in [1.165, 1.54) is 25.7 Å². The Hall–Kier alpha value is -1.15. The van der Waals surface area contributed by atoms with Gasteiger partial charge in [0.05, 0.1) is 6.61 Å². The molecule has 0 aromatic carbocycles.